The van der Waals surface area contributed by atoms with Crippen molar-refractivity contribution in [1.82, 2.24) is 0 Å². The lowest BCUT2D eigenvalue weighted by molar-refractivity contribution is -0.146. The molecule has 4 unspecified atom stereocenters. The van der Waals surface area contributed by atoms with Crippen LogP contribution in [0.25, 0.3) is 0 Å². The Morgan fingerprint density at radius 3 is 2.43 bits per heavy atom. The molecule has 0 aliphatic heterocycles. The van der Waals surface area contributed by atoms with Gasteiger partial charge < -0.3 is 10.1 Å². The van der Waals surface area contributed by atoms with Gasteiger partial charge in [-0.15, -0.1) is 0 Å². The number of carbonyl (C=O) groups is 1. The van der Waals surface area contributed by atoms with Crippen LogP contribution in [0.4, 0.5) is 0 Å². The summed E-state index contributed by atoms with van der Waals surface area (Å²) in [6.07, 6.45) is 3.95. The van der Waals surface area contributed by atoms with E-state index >= 15 is 0 Å². The summed E-state index contributed by atoms with van der Waals surface area (Å²) in [7, 11) is 1.71. The van der Waals surface area contributed by atoms with Crippen molar-refractivity contribution in [3.8, 4) is 0 Å². The second kappa shape index (κ2) is 4.58. The molecule has 1 aliphatic rings. The highest BCUT2D eigenvalue weighted by Gasteiger charge is 2.38. The molecule has 0 aromatic carbocycles. The molecule has 1 saturated carbocycles. The summed E-state index contributed by atoms with van der Waals surface area (Å²) in [4.78, 5) is 15.1. The number of aliphatic imine (C=N–C) groups is 1. The molecule has 1 fully saturated rings. The molecule has 0 amide bonds. The molecule has 1 N–H and O–H groups in total. The lowest BCUT2D eigenvalue weighted by Gasteiger charge is -2.36. The van der Waals surface area contributed by atoms with Gasteiger partial charge in [0.15, 0.2) is 0 Å². The first-order chi connectivity index (χ1) is 6.57. The van der Waals surface area contributed by atoms with Crippen molar-refractivity contribution < 1.29 is 9.90 Å². The quantitative estimate of drug-likeness (QED) is 0.689. The molecule has 0 saturated heterocycles. The monoisotopic (exact) mass is 197 g/mol. The van der Waals surface area contributed by atoms with Gasteiger partial charge in [0.25, 0.3) is 0 Å². The standard InChI is InChI=1S/C11H19NO2/c1-7-4-5-8(2)10(11(13)14)9(7)6-12-3/h6-10H,4-5H2,1-3H3,(H,13,14). The molecule has 1 aliphatic carbocycles. The Hall–Kier alpha value is -0.860. The SMILES string of the molecule is CN=CC1C(C)CCC(C)C1C(=O)O. The van der Waals surface area contributed by atoms with Crippen LogP contribution in [-0.4, -0.2) is 24.3 Å². The van der Waals surface area contributed by atoms with E-state index in [0.29, 0.717) is 5.92 Å². The Balaban J connectivity index is 2.86. The van der Waals surface area contributed by atoms with Crippen LogP contribution in [0.5, 0.6) is 0 Å². The molecule has 0 spiro atoms. The number of nitrogens with zero attached hydrogens (tertiary/aromatic N) is 1. The van der Waals surface area contributed by atoms with E-state index in [4.69, 9.17) is 5.11 Å². The lowest BCUT2D eigenvalue weighted by atomic mass is 9.68. The van der Waals surface area contributed by atoms with E-state index in [2.05, 4.69) is 11.9 Å². The van der Waals surface area contributed by atoms with Gasteiger partial charge in [0.05, 0.1) is 5.92 Å². The Morgan fingerprint density at radius 2 is 1.93 bits per heavy atom. The molecule has 0 aromatic rings. The normalized spacial score (nSPS) is 38.8. The average molecular weight is 197 g/mol. The largest absolute Gasteiger partial charge is 0.481 e. The highest BCUT2D eigenvalue weighted by molar-refractivity contribution is 5.77. The van der Waals surface area contributed by atoms with Crippen LogP contribution < -0.4 is 0 Å². The van der Waals surface area contributed by atoms with E-state index in [1.165, 1.54) is 0 Å². The summed E-state index contributed by atoms with van der Waals surface area (Å²) >= 11 is 0. The van der Waals surface area contributed by atoms with Crippen molar-refractivity contribution >= 4 is 12.2 Å². The van der Waals surface area contributed by atoms with Crippen molar-refractivity contribution in [2.75, 3.05) is 7.05 Å². The molecule has 0 aromatic heterocycles. The zero-order valence-corrected chi connectivity index (χ0v) is 9.10. The van der Waals surface area contributed by atoms with Gasteiger partial charge in [-0.1, -0.05) is 13.8 Å². The highest BCUT2D eigenvalue weighted by atomic mass is 16.4. The van der Waals surface area contributed by atoms with Crippen LogP contribution >= 0.6 is 0 Å². The van der Waals surface area contributed by atoms with Gasteiger partial charge in [-0.25, -0.2) is 0 Å². The zero-order valence-electron chi connectivity index (χ0n) is 9.10. The molecule has 0 radical (unpaired) electrons. The number of aliphatic carboxylic acids is 1. The Labute approximate surface area is 85.2 Å². The van der Waals surface area contributed by atoms with E-state index in [1.54, 1.807) is 7.05 Å². The summed E-state index contributed by atoms with van der Waals surface area (Å²) in [5.74, 6) is -0.0969. The first-order valence-corrected chi connectivity index (χ1v) is 5.23. The van der Waals surface area contributed by atoms with Gasteiger partial charge in [-0.3, -0.25) is 4.79 Å². The fourth-order valence-corrected chi connectivity index (χ4v) is 2.45. The highest BCUT2D eigenvalue weighted by Crippen LogP contribution is 2.37. The first kappa shape index (κ1) is 11.2. The summed E-state index contributed by atoms with van der Waals surface area (Å²) in [5, 5.41) is 9.16. The number of hydrogen-bond donors (Lipinski definition) is 1. The molecule has 3 nitrogen and oxygen atoms in total. The van der Waals surface area contributed by atoms with Gasteiger partial charge in [-0.05, 0) is 24.7 Å². The van der Waals surface area contributed by atoms with E-state index < -0.39 is 5.97 Å². The predicted molar refractivity (Wildman–Crippen MR) is 56.6 cm³/mol. The number of carboxylic acids is 1. The number of rotatable bonds is 2. The van der Waals surface area contributed by atoms with Crippen molar-refractivity contribution in [1.29, 1.82) is 0 Å². The molecule has 80 valence electrons. The minimum atomic E-state index is -0.672. The van der Waals surface area contributed by atoms with Gasteiger partial charge in [-0.2, -0.15) is 0 Å². The van der Waals surface area contributed by atoms with Gasteiger partial charge in [0.1, 0.15) is 0 Å². The van der Waals surface area contributed by atoms with Gasteiger partial charge in [0.2, 0.25) is 0 Å². The maximum absolute atomic E-state index is 11.1. The minimum absolute atomic E-state index is 0.112. The van der Waals surface area contributed by atoms with Crippen LogP contribution in [-0.2, 0) is 4.79 Å². The predicted octanol–water partition coefficient (Wildman–Crippen LogP) is 2.07. The molecule has 0 heterocycles. The second-order valence-electron chi connectivity index (χ2n) is 4.38. The molecule has 0 bridgehead atoms. The summed E-state index contributed by atoms with van der Waals surface area (Å²) in [5.41, 5.74) is 0. The molecular weight excluding hydrogens is 178 g/mol. The topological polar surface area (TPSA) is 49.7 Å². The van der Waals surface area contributed by atoms with Crippen molar-refractivity contribution in [3.05, 3.63) is 0 Å². The maximum Gasteiger partial charge on any atom is 0.307 e. The molecule has 3 heteroatoms. The third kappa shape index (κ3) is 2.14. The van der Waals surface area contributed by atoms with Crippen molar-refractivity contribution in [3.63, 3.8) is 0 Å². The Kier molecular flexibility index (Phi) is 3.67. The maximum atomic E-state index is 11.1. The summed E-state index contributed by atoms with van der Waals surface area (Å²) in [6, 6.07) is 0. The average Bonchev–Trinajstić information content (AvgIpc) is 2.11. The molecule has 1 rings (SSSR count). The van der Waals surface area contributed by atoms with E-state index in [1.807, 2.05) is 13.1 Å². The third-order valence-corrected chi connectivity index (χ3v) is 3.37. The Morgan fingerprint density at radius 1 is 1.36 bits per heavy atom. The fourth-order valence-electron chi connectivity index (χ4n) is 2.45. The lowest BCUT2D eigenvalue weighted by Crippen LogP contribution is -2.38. The number of hydrogen-bond acceptors (Lipinski definition) is 2. The van der Waals surface area contributed by atoms with Crippen LogP contribution in [0.3, 0.4) is 0 Å². The minimum Gasteiger partial charge on any atom is -0.481 e. The zero-order chi connectivity index (χ0) is 10.7. The fraction of sp³-hybridized carbons (Fsp3) is 0.818. The van der Waals surface area contributed by atoms with E-state index in [9.17, 15) is 4.79 Å². The smallest absolute Gasteiger partial charge is 0.307 e. The van der Waals surface area contributed by atoms with Crippen LogP contribution in [0, 0.1) is 23.7 Å². The molecular formula is C11H19NO2. The molecule has 4 atom stereocenters. The molecule has 14 heavy (non-hydrogen) atoms. The summed E-state index contributed by atoms with van der Waals surface area (Å²) in [6.45, 7) is 4.15. The van der Waals surface area contributed by atoms with E-state index in [-0.39, 0.29) is 17.8 Å². The van der Waals surface area contributed by atoms with Crippen molar-refractivity contribution in [2.24, 2.45) is 28.7 Å². The Bertz CT molecular complexity index is 237. The summed E-state index contributed by atoms with van der Waals surface area (Å²) < 4.78 is 0. The van der Waals surface area contributed by atoms with Gasteiger partial charge in [0, 0.05) is 19.2 Å². The first-order valence-electron chi connectivity index (χ1n) is 5.23. The van der Waals surface area contributed by atoms with Crippen LogP contribution in [0.2, 0.25) is 0 Å². The van der Waals surface area contributed by atoms with Crippen LogP contribution in [0.15, 0.2) is 4.99 Å². The third-order valence-electron chi connectivity index (χ3n) is 3.37. The van der Waals surface area contributed by atoms with Crippen LogP contribution in [0.1, 0.15) is 26.7 Å². The number of carboxylic acid groups (broad SMARTS) is 1. The van der Waals surface area contributed by atoms with Crippen molar-refractivity contribution in [2.45, 2.75) is 26.7 Å². The second-order valence-corrected chi connectivity index (χ2v) is 4.38. The van der Waals surface area contributed by atoms with Gasteiger partial charge >= 0.3 is 5.97 Å². The van der Waals surface area contributed by atoms with E-state index in [0.717, 1.165) is 12.8 Å².